The van der Waals surface area contributed by atoms with E-state index in [4.69, 9.17) is 9.52 Å². The molecule has 2 aromatic rings. The molecule has 0 radical (unpaired) electrons. The molecule has 0 saturated carbocycles. The topological polar surface area (TPSA) is 91.5 Å². The molecule has 0 aliphatic heterocycles. The van der Waals surface area contributed by atoms with Crippen LogP contribution in [-0.4, -0.2) is 52.5 Å². The van der Waals surface area contributed by atoms with Crippen LogP contribution in [0.4, 0.5) is 4.79 Å². The van der Waals surface area contributed by atoms with Crippen molar-refractivity contribution in [3.05, 3.63) is 36.2 Å². The van der Waals surface area contributed by atoms with E-state index >= 15 is 0 Å². The van der Waals surface area contributed by atoms with Crippen molar-refractivity contribution in [1.82, 2.24) is 20.4 Å². The molecule has 1 aromatic heterocycles. The average molecular weight is 304 g/mol. The van der Waals surface area contributed by atoms with Crippen molar-refractivity contribution in [2.75, 3.05) is 26.2 Å². The first-order valence-electron chi connectivity index (χ1n) is 7.26. The number of aliphatic hydroxyl groups is 1. The molecule has 0 aliphatic rings. The van der Waals surface area contributed by atoms with E-state index in [2.05, 4.69) is 15.5 Å². The summed E-state index contributed by atoms with van der Waals surface area (Å²) in [4.78, 5) is 13.3. The van der Waals surface area contributed by atoms with E-state index in [1.165, 1.54) is 4.90 Å². The predicted molar refractivity (Wildman–Crippen MR) is 81.2 cm³/mol. The lowest BCUT2D eigenvalue weighted by molar-refractivity contribution is 0.180. The van der Waals surface area contributed by atoms with E-state index in [0.717, 1.165) is 5.56 Å². The SMILES string of the molecule is CCN(CCO)C(=O)NCCc1nnc(-c2ccccc2)o1. The molecule has 2 rings (SSSR count). The Morgan fingerprint density at radius 1 is 1.32 bits per heavy atom. The van der Waals surface area contributed by atoms with Gasteiger partial charge in [0.15, 0.2) is 0 Å². The number of urea groups is 1. The number of carbonyl (C=O) groups excluding carboxylic acids is 1. The fourth-order valence-corrected chi connectivity index (χ4v) is 1.96. The van der Waals surface area contributed by atoms with Crippen LogP contribution < -0.4 is 5.32 Å². The second-order valence-electron chi connectivity index (χ2n) is 4.65. The maximum atomic E-state index is 11.8. The van der Waals surface area contributed by atoms with Crippen LogP contribution in [0.15, 0.2) is 34.7 Å². The highest BCUT2D eigenvalue weighted by atomic mass is 16.4. The Morgan fingerprint density at radius 3 is 2.77 bits per heavy atom. The normalized spacial score (nSPS) is 10.5. The number of benzene rings is 1. The van der Waals surface area contributed by atoms with Crippen LogP contribution in [0.25, 0.3) is 11.5 Å². The molecular weight excluding hydrogens is 284 g/mol. The zero-order chi connectivity index (χ0) is 15.8. The molecule has 0 unspecified atom stereocenters. The van der Waals surface area contributed by atoms with Gasteiger partial charge in [0.25, 0.3) is 0 Å². The number of amides is 2. The number of nitrogens with one attached hydrogen (secondary N) is 1. The van der Waals surface area contributed by atoms with Crippen molar-refractivity contribution in [2.24, 2.45) is 0 Å². The van der Waals surface area contributed by atoms with E-state index in [1.807, 2.05) is 37.3 Å². The number of aromatic nitrogens is 2. The molecular formula is C15H20N4O3. The summed E-state index contributed by atoms with van der Waals surface area (Å²) in [6.07, 6.45) is 0.461. The maximum absolute atomic E-state index is 11.8. The number of carbonyl (C=O) groups is 1. The van der Waals surface area contributed by atoms with Crippen molar-refractivity contribution in [2.45, 2.75) is 13.3 Å². The monoisotopic (exact) mass is 304 g/mol. The van der Waals surface area contributed by atoms with Crippen molar-refractivity contribution >= 4 is 6.03 Å². The van der Waals surface area contributed by atoms with Crippen LogP contribution in [0.5, 0.6) is 0 Å². The number of hydrogen-bond acceptors (Lipinski definition) is 5. The quantitative estimate of drug-likeness (QED) is 0.804. The molecule has 118 valence electrons. The lowest BCUT2D eigenvalue weighted by Gasteiger charge is -2.19. The van der Waals surface area contributed by atoms with Crippen molar-refractivity contribution in [1.29, 1.82) is 0 Å². The minimum atomic E-state index is -0.209. The van der Waals surface area contributed by atoms with Gasteiger partial charge in [-0.25, -0.2) is 4.79 Å². The molecule has 7 nitrogen and oxygen atoms in total. The molecule has 7 heteroatoms. The number of rotatable bonds is 7. The summed E-state index contributed by atoms with van der Waals surface area (Å²) in [6, 6.07) is 9.31. The average Bonchev–Trinajstić information content (AvgIpc) is 3.02. The highest BCUT2D eigenvalue weighted by molar-refractivity contribution is 5.74. The Kier molecular flexibility index (Phi) is 5.91. The standard InChI is InChI=1S/C15H20N4O3/c1-2-19(10-11-20)15(21)16-9-8-13-17-18-14(22-13)12-6-4-3-5-7-12/h3-7,20H,2,8-11H2,1H3,(H,16,21). The van der Waals surface area contributed by atoms with Crippen molar-refractivity contribution < 1.29 is 14.3 Å². The Bertz CT molecular complexity index is 585. The maximum Gasteiger partial charge on any atom is 0.317 e. The Morgan fingerprint density at radius 2 is 2.09 bits per heavy atom. The summed E-state index contributed by atoms with van der Waals surface area (Å²) in [7, 11) is 0. The molecule has 22 heavy (non-hydrogen) atoms. The van der Waals surface area contributed by atoms with Crippen LogP contribution in [0.2, 0.25) is 0 Å². The van der Waals surface area contributed by atoms with Gasteiger partial charge in [0, 0.05) is 31.6 Å². The van der Waals surface area contributed by atoms with Gasteiger partial charge >= 0.3 is 6.03 Å². The fourth-order valence-electron chi connectivity index (χ4n) is 1.96. The van der Waals surface area contributed by atoms with Gasteiger partial charge in [-0.05, 0) is 19.1 Å². The largest absolute Gasteiger partial charge is 0.421 e. The third kappa shape index (κ3) is 4.29. The van der Waals surface area contributed by atoms with Gasteiger partial charge in [-0.15, -0.1) is 10.2 Å². The van der Waals surface area contributed by atoms with Crippen LogP contribution in [-0.2, 0) is 6.42 Å². The second-order valence-corrected chi connectivity index (χ2v) is 4.65. The molecule has 2 N–H and O–H groups in total. The van der Waals surface area contributed by atoms with Gasteiger partial charge in [-0.3, -0.25) is 0 Å². The van der Waals surface area contributed by atoms with Crippen molar-refractivity contribution in [3.63, 3.8) is 0 Å². The highest BCUT2D eigenvalue weighted by Crippen LogP contribution is 2.16. The Hall–Kier alpha value is -2.41. The molecule has 0 saturated heterocycles. The first-order chi connectivity index (χ1) is 10.7. The van der Waals surface area contributed by atoms with E-state index < -0.39 is 0 Å². The van der Waals surface area contributed by atoms with E-state index in [9.17, 15) is 4.79 Å². The molecule has 1 aromatic carbocycles. The summed E-state index contributed by atoms with van der Waals surface area (Å²) >= 11 is 0. The van der Waals surface area contributed by atoms with Crippen molar-refractivity contribution in [3.8, 4) is 11.5 Å². The summed E-state index contributed by atoms with van der Waals surface area (Å²) < 4.78 is 5.56. The summed E-state index contributed by atoms with van der Waals surface area (Å²) in [5.41, 5.74) is 0.866. The van der Waals surface area contributed by atoms with E-state index in [-0.39, 0.29) is 12.6 Å². The smallest absolute Gasteiger partial charge is 0.317 e. The second kappa shape index (κ2) is 8.14. The zero-order valence-electron chi connectivity index (χ0n) is 12.5. The minimum absolute atomic E-state index is 0.0502. The third-order valence-electron chi connectivity index (χ3n) is 3.14. The van der Waals surface area contributed by atoms with Gasteiger partial charge in [-0.2, -0.15) is 0 Å². The van der Waals surface area contributed by atoms with Crippen LogP contribution in [0.1, 0.15) is 12.8 Å². The number of aliphatic hydroxyl groups excluding tert-OH is 1. The van der Waals surface area contributed by atoms with Gasteiger partial charge < -0.3 is 19.7 Å². The van der Waals surface area contributed by atoms with Crippen LogP contribution in [0.3, 0.4) is 0 Å². The number of nitrogens with zero attached hydrogens (tertiary/aromatic N) is 3. The first-order valence-corrected chi connectivity index (χ1v) is 7.26. The van der Waals surface area contributed by atoms with Crippen LogP contribution in [0, 0.1) is 0 Å². The summed E-state index contributed by atoms with van der Waals surface area (Å²) in [5, 5.41) is 19.6. The number of likely N-dealkylation sites (N-methyl/N-ethyl adjacent to an activating group) is 1. The van der Waals surface area contributed by atoms with Gasteiger partial charge in [0.1, 0.15) is 0 Å². The predicted octanol–water partition coefficient (Wildman–Crippen LogP) is 1.30. The lowest BCUT2D eigenvalue weighted by Crippen LogP contribution is -2.42. The molecule has 0 spiro atoms. The summed E-state index contributed by atoms with van der Waals surface area (Å²) in [6.45, 7) is 3.08. The van der Waals surface area contributed by atoms with Gasteiger partial charge in [0.2, 0.25) is 11.8 Å². The molecule has 0 fully saturated rings. The zero-order valence-corrected chi connectivity index (χ0v) is 12.5. The molecule has 2 amide bonds. The third-order valence-corrected chi connectivity index (χ3v) is 3.14. The summed E-state index contributed by atoms with van der Waals surface area (Å²) in [5.74, 6) is 0.946. The number of hydrogen-bond donors (Lipinski definition) is 2. The molecule has 0 aliphatic carbocycles. The molecule has 0 atom stereocenters. The van der Waals surface area contributed by atoms with E-state index in [1.54, 1.807) is 0 Å². The Labute approximate surface area is 129 Å². The first kappa shape index (κ1) is 16.0. The highest BCUT2D eigenvalue weighted by Gasteiger charge is 2.11. The lowest BCUT2D eigenvalue weighted by atomic mass is 10.2. The molecule has 1 heterocycles. The van der Waals surface area contributed by atoms with Gasteiger partial charge in [-0.1, -0.05) is 18.2 Å². The van der Waals surface area contributed by atoms with Crippen LogP contribution >= 0.6 is 0 Å². The minimum Gasteiger partial charge on any atom is -0.421 e. The Balaban J connectivity index is 1.83. The fraction of sp³-hybridized carbons (Fsp3) is 0.400. The van der Waals surface area contributed by atoms with Gasteiger partial charge in [0.05, 0.1) is 6.61 Å². The molecule has 0 bridgehead atoms. The van der Waals surface area contributed by atoms with E-state index in [0.29, 0.717) is 37.8 Å².